The predicted octanol–water partition coefficient (Wildman–Crippen LogP) is 4.05. The van der Waals surface area contributed by atoms with Crippen LogP contribution in [0.25, 0.3) is 10.8 Å². The molecule has 94 valence electrons. The van der Waals surface area contributed by atoms with E-state index in [-0.39, 0.29) is 5.78 Å². The van der Waals surface area contributed by atoms with Gasteiger partial charge in [0.15, 0.2) is 5.78 Å². The third-order valence-electron chi connectivity index (χ3n) is 2.93. The van der Waals surface area contributed by atoms with Crippen LogP contribution in [0, 0.1) is 0 Å². The van der Waals surface area contributed by atoms with Crippen molar-refractivity contribution in [2.24, 2.45) is 0 Å². The van der Waals surface area contributed by atoms with Crippen molar-refractivity contribution in [3.8, 4) is 5.75 Å². The molecule has 0 N–H and O–H groups in total. The molecule has 0 aliphatic rings. The smallest absolute Gasteiger partial charge is 0.167 e. The Morgan fingerprint density at radius 2 is 2.00 bits per heavy atom. The highest BCUT2D eigenvalue weighted by molar-refractivity contribution is 6.18. The molecule has 0 atom stereocenters. The molecular weight excluding hydrogens is 248 g/mol. The van der Waals surface area contributed by atoms with Crippen LogP contribution in [-0.4, -0.2) is 18.8 Å². The Morgan fingerprint density at radius 3 is 2.72 bits per heavy atom. The zero-order valence-electron chi connectivity index (χ0n) is 10.3. The number of ether oxygens (including phenoxy) is 1. The number of benzene rings is 2. The van der Waals surface area contributed by atoms with Gasteiger partial charge in [-0.3, -0.25) is 4.79 Å². The predicted molar refractivity (Wildman–Crippen MR) is 74.8 cm³/mol. The summed E-state index contributed by atoms with van der Waals surface area (Å²) in [6.45, 7) is 0. The first kappa shape index (κ1) is 12.9. The SMILES string of the molecule is COc1ccc2ccccc2c1C(=O)CCCCl. The van der Waals surface area contributed by atoms with Crippen LogP contribution in [0.5, 0.6) is 5.75 Å². The average Bonchev–Trinajstić information content (AvgIpc) is 2.43. The van der Waals surface area contributed by atoms with E-state index in [0.29, 0.717) is 30.0 Å². The van der Waals surface area contributed by atoms with Crippen molar-refractivity contribution in [2.45, 2.75) is 12.8 Å². The van der Waals surface area contributed by atoms with Crippen LogP contribution in [0.2, 0.25) is 0 Å². The Labute approximate surface area is 112 Å². The summed E-state index contributed by atoms with van der Waals surface area (Å²) in [5, 5.41) is 1.99. The second-order valence-corrected chi connectivity index (χ2v) is 4.46. The van der Waals surface area contributed by atoms with Crippen LogP contribution >= 0.6 is 11.6 Å². The number of carbonyl (C=O) groups is 1. The van der Waals surface area contributed by atoms with Gasteiger partial charge in [-0.05, 0) is 23.3 Å². The average molecular weight is 263 g/mol. The van der Waals surface area contributed by atoms with E-state index in [4.69, 9.17) is 16.3 Å². The van der Waals surface area contributed by atoms with Crippen LogP contribution in [0.15, 0.2) is 36.4 Å². The fraction of sp³-hybridized carbons (Fsp3) is 0.267. The van der Waals surface area contributed by atoms with E-state index < -0.39 is 0 Å². The van der Waals surface area contributed by atoms with Crippen LogP contribution < -0.4 is 4.74 Å². The Bertz CT molecular complexity index is 563. The first-order chi connectivity index (χ1) is 8.77. The second kappa shape index (κ2) is 5.87. The number of Topliss-reactive ketones (excluding diaryl/α,β-unsaturated/α-hetero) is 1. The zero-order valence-corrected chi connectivity index (χ0v) is 11.0. The van der Waals surface area contributed by atoms with E-state index in [2.05, 4.69) is 0 Å². The molecular formula is C15H15ClO2. The highest BCUT2D eigenvalue weighted by Gasteiger charge is 2.15. The summed E-state index contributed by atoms with van der Waals surface area (Å²) in [5.41, 5.74) is 0.667. The number of hydrogen-bond donors (Lipinski definition) is 0. The molecule has 2 aromatic rings. The van der Waals surface area contributed by atoms with E-state index in [1.54, 1.807) is 7.11 Å². The van der Waals surface area contributed by atoms with Crippen LogP contribution in [0.4, 0.5) is 0 Å². The van der Waals surface area contributed by atoms with Crippen molar-refractivity contribution in [1.29, 1.82) is 0 Å². The van der Waals surface area contributed by atoms with Crippen molar-refractivity contribution < 1.29 is 9.53 Å². The molecule has 2 rings (SSSR count). The molecule has 2 nitrogen and oxygen atoms in total. The van der Waals surface area contributed by atoms with Crippen molar-refractivity contribution in [3.05, 3.63) is 42.0 Å². The van der Waals surface area contributed by atoms with Crippen molar-refractivity contribution in [2.75, 3.05) is 13.0 Å². The van der Waals surface area contributed by atoms with Gasteiger partial charge in [-0.25, -0.2) is 0 Å². The van der Waals surface area contributed by atoms with E-state index in [9.17, 15) is 4.79 Å². The molecule has 0 bridgehead atoms. The summed E-state index contributed by atoms with van der Waals surface area (Å²) < 4.78 is 5.30. The summed E-state index contributed by atoms with van der Waals surface area (Å²) in [6.07, 6.45) is 1.14. The molecule has 0 saturated carbocycles. The summed E-state index contributed by atoms with van der Waals surface area (Å²) in [7, 11) is 1.59. The number of hydrogen-bond acceptors (Lipinski definition) is 2. The van der Waals surface area contributed by atoms with Gasteiger partial charge in [0.2, 0.25) is 0 Å². The van der Waals surface area contributed by atoms with Gasteiger partial charge in [-0.2, -0.15) is 0 Å². The molecule has 18 heavy (non-hydrogen) atoms. The fourth-order valence-electron chi connectivity index (χ4n) is 2.06. The minimum atomic E-state index is 0.0873. The molecule has 0 amide bonds. The van der Waals surface area contributed by atoms with Gasteiger partial charge in [-0.1, -0.05) is 30.3 Å². The maximum Gasteiger partial charge on any atom is 0.167 e. The third kappa shape index (κ3) is 2.49. The van der Waals surface area contributed by atoms with Gasteiger partial charge in [0.1, 0.15) is 5.75 Å². The van der Waals surface area contributed by atoms with Crippen LogP contribution in [0.3, 0.4) is 0 Å². The van der Waals surface area contributed by atoms with Crippen LogP contribution in [0.1, 0.15) is 23.2 Å². The lowest BCUT2D eigenvalue weighted by molar-refractivity contribution is 0.0980. The molecule has 0 aliphatic heterocycles. The monoisotopic (exact) mass is 262 g/mol. The normalized spacial score (nSPS) is 10.6. The molecule has 2 aromatic carbocycles. The Hall–Kier alpha value is -1.54. The summed E-state index contributed by atoms with van der Waals surface area (Å²) in [5.74, 6) is 1.22. The molecule has 0 aromatic heterocycles. The Morgan fingerprint density at radius 1 is 1.22 bits per heavy atom. The number of alkyl halides is 1. The third-order valence-corrected chi connectivity index (χ3v) is 3.19. The number of fused-ring (bicyclic) bond motifs is 1. The van der Waals surface area contributed by atoms with Crippen LogP contribution in [-0.2, 0) is 0 Å². The quantitative estimate of drug-likeness (QED) is 0.600. The highest BCUT2D eigenvalue weighted by atomic mass is 35.5. The number of rotatable bonds is 5. The Balaban J connectivity index is 2.54. The van der Waals surface area contributed by atoms with Gasteiger partial charge < -0.3 is 4.74 Å². The van der Waals surface area contributed by atoms with E-state index in [1.807, 2.05) is 36.4 Å². The van der Waals surface area contributed by atoms with Gasteiger partial charge in [0.25, 0.3) is 0 Å². The highest BCUT2D eigenvalue weighted by Crippen LogP contribution is 2.29. The van der Waals surface area contributed by atoms with E-state index in [0.717, 1.165) is 10.8 Å². The minimum Gasteiger partial charge on any atom is -0.496 e. The van der Waals surface area contributed by atoms with Gasteiger partial charge >= 0.3 is 0 Å². The standard InChI is InChI=1S/C15H15ClO2/c1-18-14-9-8-11-5-2-3-6-12(11)15(14)13(17)7-4-10-16/h2-3,5-6,8-9H,4,7,10H2,1H3. The maximum absolute atomic E-state index is 12.3. The summed E-state index contributed by atoms with van der Waals surface area (Å²) in [4.78, 5) is 12.3. The molecule has 0 fully saturated rings. The second-order valence-electron chi connectivity index (χ2n) is 4.08. The zero-order chi connectivity index (χ0) is 13.0. The molecule has 0 unspecified atom stereocenters. The van der Waals surface area contributed by atoms with Crippen molar-refractivity contribution in [3.63, 3.8) is 0 Å². The Kier molecular flexibility index (Phi) is 4.21. The number of ketones is 1. The lowest BCUT2D eigenvalue weighted by Crippen LogP contribution is -2.03. The van der Waals surface area contributed by atoms with Gasteiger partial charge in [-0.15, -0.1) is 11.6 Å². The molecule has 0 spiro atoms. The number of methoxy groups -OCH3 is 1. The lowest BCUT2D eigenvalue weighted by Gasteiger charge is -2.10. The van der Waals surface area contributed by atoms with E-state index >= 15 is 0 Å². The lowest BCUT2D eigenvalue weighted by atomic mass is 9.98. The number of carbonyl (C=O) groups excluding carboxylic acids is 1. The first-order valence-corrected chi connectivity index (χ1v) is 6.46. The molecule has 0 aliphatic carbocycles. The van der Waals surface area contributed by atoms with E-state index in [1.165, 1.54) is 0 Å². The maximum atomic E-state index is 12.3. The topological polar surface area (TPSA) is 26.3 Å². The van der Waals surface area contributed by atoms with Gasteiger partial charge in [0.05, 0.1) is 12.7 Å². The van der Waals surface area contributed by atoms with Gasteiger partial charge in [0, 0.05) is 12.3 Å². The summed E-state index contributed by atoms with van der Waals surface area (Å²) >= 11 is 5.64. The molecule has 0 heterocycles. The molecule has 0 radical (unpaired) electrons. The fourth-order valence-corrected chi connectivity index (χ4v) is 2.20. The first-order valence-electron chi connectivity index (χ1n) is 5.93. The molecule has 0 saturated heterocycles. The van der Waals surface area contributed by atoms with Crippen molar-refractivity contribution in [1.82, 2.24) is 0 Å². The molecule has 3 heteroatoms. The number of halogens is 1. The minimum absolute atomic E-state index is 0.0873. The van der Waals surface area contributed by atoms with Crippen molar-refractivity contribution >= 4 is 28.2 Å². The largest absolute Gasteiger partial charge is 0.496 e. The summed E-state index contributed by atoms with van der Waals surface area (Å²) in [6, 6.07) is 11.6.